The number of nitrogens with one attached hydrogen (secondary N) is 2. The average Bonchev–Trinajstić information content (AvgIpc) is 2.50. The molecule has 0 atom stereocenters. The van der Waals surface area contributed by atoms with E-state index in [9.17, 15) is 0 Å². The van der Waals surface area contributed by atoms with Gasteiger partial charge in [0, 0.05) is 10.6 Å². The zero-order chi connectivity index (χ0) is 15.9. The number of hydrogen-bond donors (Lipinski definition) is 2. The molecule has 114 valence electrons. The quantitative estimate of drug-likeness (QED) is 0.488. The van der Waals surface area contributed by atoms with E-state index in [2.05, 4.69) is 15.8 Å². The lowest BCUT2D eigenvalue weighted by molar-refractivity contribution is 0.414. The highest BCUT2D eigenvalue weighted by atomic mass is 35.5. The Hall–Kier alpha value is -1.82. The number of thiocarbonyl (C=S) groups is 1. The summed E-state index contributed by atoms with van der Waals surface area (Å²) in [5.74, 6) is 0.729. The second kappa shape index (κ2) is 7.98. The van der Waals surface area contributed by atoms with E-state index in [0.29, 0.717) is 20.8 Å². The maximum Gasteiger partial charge on any atom is 0.191 e. The molecule has 0 aliphatic rings. The Morgan fingerprint density at radius 1 is 1.23 bits per heavy atom. The molecule has 0 saturated heterocycles. The first-order valence-electron chi connectivity index (χ1n) is 6.28. The van der Waals surface area contributed by atoms with Crippen molar-refractivity contribution in [2.75, 3.05) is 12.4 Å². The van der Waals surface area contributed by atoms with Crippen molar-refractivity contribution in [3.63, 3.8) is 0 Å². The number of benzene rings is 2. The summed E-state index contributed by atoms with van der Waals surface area (Å²) in [5, 5.41) is 8.35. The van der Waals surface area contributed by atoms with E-state index in [1.165, 1.54) is 0 Å². The van der Waals surface area contributed by atoms with E-state index in [1.54, 1.807) is 31.5 Å². The Kier molecular flexibility index (Phi) is 6.00. The number of nitrogens with zero attached hydrogens (tertiary/aromatic N) is 1. The molecule has 0 heterocycles. The van der Waals surface area contributed by atoms with Crippen LogP contribution in [-0.4, -0.2) is 18.4 Å². The maximum absolute atomic E-state index is 6.05. The Bertz CT molecular complexity index is 707. The molecule has 2 N–H and O–H groups in total. The molecule has 0 amide bonds. The first kappa shape index (κ1) is 16.5. The van der Waals surface area contributed by atoms with Gasteiger partial charge >= 0.3 is 0 Å². The van der Waals surface area contributed by atoms with Gasteiger partial charge in [0.1, 0.15) is 5.75 Å². The van der Waals surface area contributed by atoms with E-state index in [1.807, 2.05) is 24.3 Å². The lowest BCUT2D eigenvalue weighted by Crippen LogP contribution is -2.24. The average molecular weight is 354 g/mol. The summed E-state index contributed by atoms with van der Waals surface area (Å²) in [6.07, 6.45) is 1.62. The van der Waals surface area contributed by atoms with Gasteiger partial charge in [0.05, 0.1) is 24.0 Å². The summed E-state index contributed by atoms with van der Waals surface area (Å²) in [4.78, 5) is 0. The van der Waals surface area contributed by atoms with E-state index in [4.69, 9.17) is 40.2 Å². The van der Waals surface area contributed by atoms with Crippen molar-refractivity contribution in [3.8, 4) is 5.75 Å². The molecule has 0 spiro atoms. The monoisotopic (exact) mass is 353 g/mol. The Balaban J connectivity index is 1.96. The molecule has 0 aliphatic carbocycles. The van der Waals surface area contributed by atoms with Crippen LogP contribution in [0.4, 0.5) is 5.69 Å². The lowest BCUT2D eigenvalue weighted by Gasteiger charge is -2.09. The van der Waals surface area contributed by atoms with Gasteiger partial charge in [0.2, 0.25) is 0 Å². The number of hydrazone groups is 1. The van der Waals surface area contributed by atoms with Crippen LogP contribution < -0.4 is 15.5 Å². The molecule has 2 rings (SSSR count). The van der Waals surface area contributed by atoms with Crippen molar-refractivity contribution in [2.45, 2.75) is 0 Å². The molecule has 4 nitrogen and oxygen atoms in total. The zero-order valence-electron chi connectivity index (χ0n) is 11.6. The van der Waals surface area contributed by atoms with Gasteiger partial charge in [-0.25, -0.2) is 0 Å². The number of para-hydroxylation sites is 1. The van der Waals surface area contributed by atoms with Crippen molar-refractivity contribution < 1.29 is 4.74 Å². The third kappa shape index (κ3) is 4.59. The minimum Gasteiger partial charge on any atom is -0.496 e. The lowest BCUT2D eigenvalue weighted by atomic mass is 10.2. The summed E-state index contributed by atoms with van der Waals surface area (Å²) in [6, 6.07) is 12.6. The highest BCUT2D eigenvalue weighted by Crippen LogP contribution is 2.25. The molecule has 0 unspecified atom stereocenters. The first-order chi connectivity index (χ1) is 10.6. The van der Waals surface area contributed by atoms with E-state index < -0.39 is 0 Å². The normalized spacial score (nSPS) is 10.5. The first-order valence-corrected chi connectivity index (χ1v) is 7.44. The third-order valence-corrected chi connectivity index (χ3v) is 3.43. The van der Waals surface area contributed by atoms with Gasteiger partial charge in [-0.15, -0.1) is 0 Å². The molecule has 0 aromatic heterocycles. The largest absolute Gasteiger partial charge is 0.496 e. The molecule has 7 heteroatoms. The maximum atomic E-state index is 6.05. The van der Waals surface area contributed by atoms with Crippen LogP contribution in [0.3, 0.4) is 0 Å². The summed E-state index contributed by atoms with van der Waals surface area (Å²) >= 11 is 17.0. The van der Waals surface area contributed by atoms with Crippen molar-refractivity contribution in [2.24, 2.45) is 5.10 Å². The Morgan fingerprint density at radius 2 is 2.00 bits per heavy atom. The molecule has 2 aromatic rings. The summed E-state index contributed by atoms with van der Waals surface area (Å²) in [5.41, 5.74) is 4.20. The van der Waals surface area contributed by atoms with Crippen LogP contribution in [0.2, 0.25) is 10.0 Å². The van der Waals surface area contributed by atoms with Crippen LogP contribution in [-0.2, 0) is 0 Å². The SMILES string of the molecule is COc1ccccc1/C=N\NC(=S)Nc1ccc(Cl)cc1Cl. The van der Waals surface area contributed by atoms with Gasteiger partial charge in [0.25, 0.3) is 0 Å². The van der Waals surface area contributed by atoms with Crippen molar-refractivity contribution >= 4 is 52.4 Å². The zero-order valence-corrected chi connectivity index (χ0v) is 14.0. The van der Waals surface area contributed by atoms with Crippen LogP contribution in [0.1, 0.15) is 5.56 Å². The Morgan fingerprint density at radius 3 is 2.73 bits per heavy atom. The summed E-state index contributed by atoms with van der Waals surface area (Å²) in [6.45, 7) is 0. The second-order valence-corrected chi connectivity index (χ2v) is 5.44. The van der Waals surface area contributed by atoms with Gasteiger partial charge in [0.15, 0.2) is 5.11 Å². The van der Waals surface area contributed by atoms with Crippen molar-refractivity contribution in [3.05, 3.63) is 58.1 Å². The third-order valence-electron chi connectivity index (χ3n) is 2.69. The van der Waals surface area contributed by atoms with Gasteiger partial charge in [-0.2, -0.15) is 5.10 Å². The smallest absolute Gasteiger partial charge is 0.191 e. The summed E-state index contributed by atoms with van der Waals surface area (Å²) < 4.78 is 5.23. The van der Waals surface area contributed by atoms with E-state index >= 15 is 0 Å². The molecule has 0 fully saturated rings. The number of ether oxygens (including phenoxy) is 1. The van der Waals surface area contributed by atoms with Crippen LogP contribution in [0.25, 0.3) is 0 Å². The highest BCUT2D eigenvalue weighted by Gasteiger charge is 2.03. The number of halogens is 2. The number of rotatable bonds is 4. The van der Waals surface area contributed by atoms with Gasteiger partial charge in [-0.3, -0.25) is 5.43 Å². The fourth-order valence-corrected chi connectivity index (χ4v) is 2.29. The van der Waals surface area contributed by atoms with E-state index in [-0.39, 0.29) is 0 Å². The van der Waals surface area contributed by atoms with Crippen LogP contribution >= 0.6 is 35.4 Å². The molecular weight excluding hydrogens is 341 g/mol. The number of methoxy groups -OCH3 is 1. The minimum absolute atomic E-state index is 0.315. The van der Waals surface area contributed by atoms with Gasteiger partial charge in [-0.1, -0.05) is 35.3 Å². The second-order valence-electron chi connectivity index (χ2n) is 4.19. The van der Waals surface area contributed by atoms with Crippen LogP contribution in [0, 0.1) is 0 Å². The molecule has 2 aromatic carbocycles. The van der Waals surface area contributed by atoms with Crippen molar-refractivity contribution in [1.82, 2.24) is 5.43 Å². The number of hydrogen-bond acceptors (Lipinski definition) is 3. The molecule has 0 radical (unpaired) electrons. The van der Waals surface area contributed by atoms with Crippen LogP contribution in [0.15, 0.2) is 47.6 Å². The van der Waals surface area contributed by atoms with Crippen LogP contribution in [0.5, 0.6) is 5.75 Å². The molecular formula is C15H13Cl2N3OS. The molecule has 0 aliphatic heterocycles. The Labute approximate surface area is 144 Å². The van der Waals surface area contributed by atoms with E-state index in [0.717, 1.165) is 11.3 Å². The standard InChI is InChI=1S/C15H13Cl2N3OS/c1-21-14-5-3-2-4-10(14)9-18-20-15(22)19-13-7-6-11(16)8-12(13)17/h2-9H,1H3,(H2,19,20,22)/b18-9-. The predicted octanol–water partition coefficient (Wildman–Crippen LogP) is 4.32. The fourth-order valence-electron chi connectivity index (χ4n) is 1.67. The van der Waals surface area contributed by atoms with Gasteiger partial charge < -0.3 is 10.1 Å². The minimum atomic E-state index is 0.315. The topological polar surface area (TPSA) is 45.6 Å². The molecule has 22 heavy (non-hydrogen) atoms. The molecule has 0 saturated carbocycles. The summed E-state index contributed by atoms with van der Waals surface area (Å²) in [7, 11) is 1.61. The molecule has 0 bridgehead atoms. The highest BCUT2D eigenvalue weighted by molar-refractivity contribution is 7.80. The van der Waals surface area contributed by atoms with Crippen molar-refractivity contribution in [1.29, 1.82) is 0 Å². The predicted molar refractivity (Wildman–Crippen MR) is 96.4 cm³/mol. The number of anilines is 1. The fraction of sp³-hybridized carbons (Fsp3) is 0.0667. The van der Waals surface area contributed by atoms with Gasteiger partial charge in [-0.05, 0) is 42.5 Å².